The Hall–Kier alpha value is -13.9. The fourth-order valence-corrected chi connectivity index (χ4v) is 18.3. The summed E-state index contributed by atoms with van der Waals surface area (Å²) in [4.78, 5) is 29.1. The van der Waals surface area contributed by atoms with Gasteiger partial charge in [-0.25, -0.2) is 29.9 Å². The first-order chi connectivity index (χ1) is 58.8. The van der Waals surface area contributed by atoms with Gasteiger partial charge in [-0.1, -0.05) is 388 Å². The molecule has 0 saturated carbocycles. The Balaban J connectivity index is 0.000000126. The van der Waals surface area contributed by atoms with Gasteiger partial charge in [-0.2, -0.15) is 0 Å². The normalized spacial score (nSPS) is 13.6. The first-order valence-electron chi connectivity index (χ1n) is 40.1. The van der Waals surface area contributed by atoms with Gasteiger partial charge in [-0.15, -0.1) is 22.7 Å². The van der Waals surface area contributed by atoms with Gasteiger partial charge in [-0.05, 0) is 121 Å². The Labute approximate surface area is 711 Å². The maximum atomic E-state index is 6.35. The van der Waals surface area contributed by atoms with Crippen molar-refractivity contribution in [3.05, 3.63) is 412 Å². The first kappa shape index (κ1) is 76.1. The van der Waals surface area contributed by atoms with Crippen LogP contribution in [0.5, 0.6) is 0 Å². The van der Waals surface area contributed by atoms with E-state index in [4.69, 9.17) is 50.8 Å². The molecule has 5 heterocycles. The molecule has 572 valence electrons. The van der Waals surface area contributed by atoms with Gasteiger partial charge in [0.2, 0.25) is 5.60 Å². The van der Waals surface area contributed by atoms with E-state index in [9.17, 15) is 0 Å². The fraction of sp³-hybridized carbons (Fsp3) is 0.0463. The number of nitrogens with zero attached hydrogens (tertiary/aromatic N) is 6. The van der Waals surface area contributed by atoms with Gasteiger partial charge in [0.15, 0.2) is 34.9 Å². The zero-order valence-corrected chi connectivity index (χ0v) is 68.5. The van der Waals surface area contributed by atoms with E-state index in [-0.39, 0.29) is 0 Å². The quantitative estimate of drug-likeness (QED) is 0.0785. The largest absolute Gasteiger partial charge is 0.499 e. The molecular weight excluding hydrogens is 1520 g/mol. The Morgan fingerprint density at radius 2 is 0.483 bits per heavy atom. The summed E-state index contributed by atoms with van der Waals surface area (Å²) >= 11 is 9.75. The maximum Gasteiger partial charge on any atom is 0.499 e. The lowest BCUT2D eigenvalue weighted by atomic mass is 9.78. The lowest BCUT2D eigenvalue weighted by Gasteiger charge is -2.25. The van der Waals surface area contributed by atoms with Crippen molar-refractivity contribution in [1.82, 2.24) is 29.9 Å². The number of fused-ring (bicyclic) bond motifs is 6. The Morgan fingerprint density at radius 1 is 0.242 bits per heavy atom. The van der Waals surface area contributed by atoms with Gasteiger partial charge in [-0.3, -0.25) is 0 Å². The van der Waals surface area contributed by atoms with Gasteiger partial charge in [0.1, 0.15) is 5.60 Å². The van der Waals surface area contributed by atoms with Crippen LogP contribution in [0.15, 0.2) is 400 Å². The summed E-state index contributed by atoms with van der Waals surface area (Å²) in [6.07, 6.45) is 0. The molecule has 1 unspecified atom stereocenters. The average molecular weight is 1600 g/mol. The van der Waals surface area contributed by atoms with Gasteiger partial charge < -0.3 is 9.31 Å². The van der Waals surface area contributed by atoms with Crippen molar-refractivity contribution < 1.29 is 9.31 Å². The van der Waals surface area contributed by atoms with Crippen molar-refractivity contribution >= 4 is 87.2 Å². The Morgan fingerprint density at radius 3 is 0.808 bits per heavy atom. The fourth-order valence-electron chi connectivity index (χ4n) is 15.4. The van der Waals surface area contributed by atoms with Crippen LogP contribution in [-0.4, -0.2) is 48.2 Å². The summed E-state index contributed by atoms with van der Waals surface area (Å²) in [5.41, 5.74) is 22.4. The molecule has 0 spiro atoms. The summed E-state index contributed by atoms with van der Waals surface area (Å²) in [5.74, 6) is 3.91. The highest BCUT2D eigenvalue weighted by Gasteiger charge is 2.57. The molecule has 1 saturated heterocycles. The summed E-state index contributed by atoms with van der Waals surface area (Å²) in [7, 11) is -0.428. The molecule has 0 bridgehead atoms. The van der Waals surface area contributed by atoms with Crippen LogP contribution >= 0.6 is 34.3 Å². The van der Waals surface area contributed by atoms with Crippen LogP contribution in [0, 0.1) is 6.92 Å². The van der Waals surface area contributed by atoms with Gasteiger partial charge >= 0.3 is 7.12 Å². The molecule has 0 radical (unpaired) electrons. The smallest absolute Gasteiger partial charge is 0.395 e. The monoisotopic (exact) mass is 1600 g/mol. The second kappa shape index (κ2) is 33.3. The lowest BCUT2D eigenvalue weighted by Crippen LogP contribution is -2.42. The Bertz CT molecular complexity index is 6930. The molecule has 21 rings (SSSR count). The molecule has 20 aromatic rings. The molecule has 16 aromatic carbocycles. The topological polar surface area (TPSA) is 95.8 Å². The summed E-state index contributed by atoms with van der Waals surface area (Å²) in [6, 6.07) is 139. The highest BCUT2D eigenvalue weighted by Crippen LogP contribution is 2.47. The van der Waals surface area contributed by atoms with E-state index in [1.807, 2.05) is 201 Å². The van der Waals surface area contributed by atoms with Crippen LogP contribution < -0.4 is 5.46 Å². The minimum Gasteiger partial charge on any atom is -0.395 e. The third-order valence-corrected chi connectivity index (χ3v) is 25.2. The second-order valence-electron chi connectivity index (χ2n) is 30.5. The van der Waals surface area contributed by atoms with E-state index in [1.165, 1.54) is 96.0 Å². The van der Waals surface area contributed by atoms with Crippen molar-refractivity contribution in [3.63, 3.8) is 0 Å². The van der Waals surface area contributed by atoms with E-state index in [2.05, 4.69) is 250 Å². The number of benzene rings is 16. The van der Waals surface area contributed by atoms with Crippen LogP contribution in [0.3, 0.4) is 0 Å². The van der Waals surface area contributed by atoms with Gasteiger partial charge in [0.05, 0.1) is 6.92 Å². The highest BCUT2D eigenvalue weighted by molar-refractivity contribution is 7.27. The van der Waals surface area contributed by atoms with E-state index in [0.717, 1.165) is 66.1 Å². The molecule has 0 amide bonds. The van der Waals surface area contributed by atoms with Crippen molar-refractivity contribution in [2.75, 3.05) is 0 Å². The number of thiophene rings is 2. The number of hydrogen-bond donors (Lipinski definition) is 0. The molecule has 0 N–H and O–H groups in total. The number of rotatable bonds is 14. The first-order valence-corrected chi connectivity index (χ1v) is 42.1. The van der Waals surface area contributed by atoms with Crippen molar-refractivity contribution in [3.8, 4) is 146 Å². The summed E-state index contributed by atoms with van der Waals surface area (Å²) in [6.45, 7) is 10.3. The van der Waals surface area contributed by atoms with Crippen LogP contribution in [0.1, 0.15) is 20.8 Å². The molecular formula is C108H77BClN6O2S2+. The number of aromatic nitrogens is 6. The molecule has 8 nitrogen and oxygen atoms in total. The molecule has 1 aliphatic heterocycles. The van der Waals surface area contributed by atoms with Crippen LogP contribution in [0.25, 0.3) is 187 Å². The molecule has 1 atom stereocenters. The van der Waals surface area contributed by atoms with Crippen LogP contribution in [0.2, 0.25) is 5.02 Å². The van der Waals surface area contributed by atoms with Crippen LogP contribution in [-0.2, 0) is 9.31 Å². The number of hydrogen-bond acceptors (Lipinski definition) is 10. The maximum absolute atomic E-state index is 6.35. The van der Waals surface area contributed by atoms with E-state index in [0.29, 0.717) is 34.9 Å². The molecule has 4 aromatic heterocycles. The minimum absolute atomic E-state index is 0.428. The third kappa shape index (κ3) is 15.8. The number of halogens is 1. The van der Waals surface area contributed by atoms with Gasteiger partial charge in [0, 0.05) is 85.7 Å². The molecule has 0 aliphatic carbocycles. The van der Waals surface area contributed by atoms with Crippen LogP contribution in [0.4, 0.5) is 0 Å². The highest BCUT2D eigenvalue weighted by atomic mass is 35.5. The van der Waals surface area contributed by atoms with E-state index >= 15 is 0 Å². The Kier molecular flexibility index (Phi) is 21.1. The zero-order chi connectivity index (χ0) is 81.1. The second-order valence-corrected chi connectivity index (χ2v) is 33.0. The van der Waals surface area contributed by atoms with Crippen molar-refractivity contribution in [1.29, 1.82) is 0 Å². The molecule has 1 fully saturated rings. The molecule has 120 heavy (non-hydrogen) atoms. The standard InChI is InChI=1S/C51H33N3S.C30H26BO2S.C27H18ClN3/c1-4-13-34(14-5-1)35-25-29-37(30-26-35)43-21-11-23-45-46-24-12-22-44(48(46)55-47(43)45)38-31-27-36(28-32-38)41-19-10-20-42(33-41)51-53-49(39-15-6-2-7-16-39)52-50(54-51)40-17-8-3-9-18-40;1-29(2)30(3,4)33-31(32-29)26-15-9-14-25-24-13-8-12-23(27(24)34-28(25)26)22-18-16-21(17-19-22)20-10-6-5-7-11-20;28-24-16-14-19(15-17-24)22-12-7-13-23(18-22)27-30-25(20-8-3-1-4-9-20)29-26(31-27)21-10-5-2-6-11-21/h1-33H;5-19H,1H2,2-4H3;1-18H/q;+1;. The van der Waals surface area contributed by atoms with Gasteiger partial charge in [0.25, 0.3) is 0 Å². The lowest BCUT2D eigenvalue weighted by molar-refractivity contribution is 0.0262. The predicted octanol–water partition coefficient (Wildman–Crippen LogP) is 28.6. The minimum atomic E-state index is -0.609. The van der Waals surface area contributed by atoms with E-state index in [1.54, 1.807) is 0 Å². The SMILES string of the molecule is Clc1ccc(-c2cccc(-c3nc(-c4ccccc4)nc(-c4ccccc4)n3)c2)cc1.[CH2+]C1(C)OB(c2cccc3c2sc2c(-c4ccc(-c5ccccc5)cc4)cccc23)OC1(C)C.c1ccc(-c2ccc(-c3cccc4c3sc3c(-c5ccc(-c6cccc(-c7nc(-c8ccccc8)nc(-c8ccccc8)n7)c6)cc5)cccc34)cc2)cc1. The van der Waals surface area contributed by atoms with Crippen molar-refractivity contribution in [2.24, 2.45) is 0 Å². The summed E-state index contributed by atoms with van der Waals surface area (Å²) < 4.78 is 17.8. The van der Waals surface area contributed by atoms with Crippen molar-refractivity contribution in [2.45, 2.75) is 32.0 Å². The molecule has 1 aliphatic rings. The van der Waals surface area contributed by atoms with E-state index < -0.39 is 18.3 Å². The predicted molar refractivity (Wildman–Crippen MR) is 503 cm³/mol. The zero-order valence-electron chi connectivity index (χ0n) is 66.1. The average Bonchev–Trinajstić information content (AvgIpc) is 1.57. The third-order valence-electron chi connectivity index (χ3n) is 22.3. The summed E-state index contributed by atoms with van der Waals surface area (Å²) in [5, 5.41) is 5.81. The molecule has 12 heteroatoms.